The lowest BCUT2D eigenvalue weighted by Gasteiger charge is -2.16. The van der Waals surface area contributed by atoms with Crippen molar-refractivity contribution in [3.63, 3.8) is 0 Å². The van der Waals surface area contributed by atoms with Crippen LogP contribution >= 0.6 is 0 Å². The van der Waals surface area contributed by atoms with Crippen molar-refractivity contribution in [1.82, 2.24) is 0 Å². The first-order valence-corrected chi connectivity index (χ1v) is 6.80. The lowest BCUT2D eigenvalue weighted by Crippen LogP contribution is -2.09. The summed E-state index contributed by atoms with van der Waals surface area (Å²) >= 11 is 0. The number of anilines is 1. The van der Waals surface area contributed by atoms with Crippen molar-refractivity contribution in [3.05, 3.63) is 65.2 Å². The highest BCUT2D eigenvalue weighted by atomic mass is 15.1. The van der Waals surface area contributed by atoms with Crippen LogP contribution in [0, 0.1) is 22.7 Å². The molecule has 21 heavy (non-hydrogen) atoms. The summed E-state index contributed by atoms with van der Waals surface area (Å²) in [5, 5.41) is 18.4. The van der Waals surface area contributed by atoms with Gasteiger partial charge in [-0.1, -0.05) is 24.3 Å². The first-order valence-electron chi connectivity index (χ1n) is 6.80. The van der Waals surface area contributed by atoms with Gasteiger partial charge in [0.25, 0.3) is 0 Å². The SMILES string of the molecule is CN(C)c1cccc(C(C#N)Cc2cccc(C#N)c2)c1. The van der Waals surface area contributed by atoms with Gasteiger partial charge in [-0.2, -0.15) is 10.5 Å². The van der Waals surface area contributed by atoms with E-state index in [0.29, 0.717) is 12.0 Å². The van der Waals surface area contributed by atoms with E-state index < -0.39 is 0 Å². The zero-order valence-corrected chi connectivity index (χ0v) is 12.2. The maximum Gasteiger partial charge on any atom is 0.0991 e. The molecule has 0 spiro atoms. The molecule has 0 saturated heterocycles. The van der Waals surface area contributed by atoms with Crippen LogP contribution in [-0.2, 0) is 6.42 Å². The van der Waals surface area contributed by atoms with Crippen LogP contribution in [0.15, 0.2) is 48.5 Å². The number of nitrogens with zero attached hydrogens (tertiary/aromatic N) is 3. The molecule has 0 aliphatic carbocycles. The summed E-state index contributed by atoms with van der Waals surface area (Å²) in [7, 11) is 3.97. The number of rotatable bonds is 4. The van der Waals surface area contributed by atoms with E-state index in [-0.39, 0.29) is 5.92 Å². The van der Waals surface area contributed by atoms with Gasteiger partial charge in [-0.3, -0.25) is 0 Å². The molecule has 3 nitrogen and oxygen atoms in total. The highest BCUT2D eigenvalue weighted by molar-refractivity contribution is 5.49. The van der Waals surface area contributed by atoms with Crippen molar-refractivity contribution < 1.29 is 0 Å². The highest BCUT2D eigenvalue weighted by Gasteiger charge is 2.13. The Morgan fingerprint density at radius 2 is 1.81 bits per heavy atom. The van der Waals surface area contributed by atoms with Gasteiger partial charge in [0.15, 0.2) is 0 Å². The molecule has 2 aromatic rings. The Bertz CT molecular complexity index is 705. The predicted molar refractivity (Wildman–Crippen MR) is 84.0 cm³/mol. The van der Waals surface area contributed by atoms with E-state index in [9.17, 15) is 5.26 Å². The molecule has 0 saturated carbocycles. The maximum absolute atomic E-state index is 9.47. The minimum atomic E-state index is -0.209. The summed E-state index contributed by atoms with van der Waals surface area (Å²) in [5.41, 5.74) is 3.73. The third-order valence-corrected chi connectivity index (χ3v) is 3.44. The summed E-state index contributed by atoms with van der Waals surface area (Å²) in [6.45, 7) is 0. The van der Waals surface area contributed by atoms with E-state index in [0.717, 1.165) is 16.8 Å². The van der Waals surface area contributed by atoms with Crippen molar-refractivity contribution in [2.75, 3.05) is 19.0 Å². The van der Waals surface area contributed by atoms with Crippen LogP contribution in [0.1, 0.15) is 22.6 Å². The van der Waals surface area contributed by atoms with Crippen LogP contribution < -0.4 is 4.90 Å². The molecule has 0 bridgehead atoms. The van der Waals surface area contributed by atoms with Crippen LogP contribution in [0.25, 0.3) is 0 Å². The molecule has 0 radical (unpaired) electrons. The Balaban J connectivity index is 2.26. The summed E-state index contributed by atoms with van der Waals surface area (Å²) in [5.74, 6) is -0.209. The second kappa shape index (κ2) is 6.59. The van der Waals surface area contributed by atoms with Gasteiger partial charge >= 0.3 is 0 Å². The topological polar surface area (TPSA) is 50.8 Å². The Labute approximate surface area is 125 Å². The minimum absolute atomic E-state index is 0.209. The van der Waals surface area contributed by atoms with Crippen molar-refractivity contribution in [2.45, 2.75) is 12.3 Å². The van der Waals surface area contributed by atoms with Gasteiger partial charge in [0.2, 0.25) is 0 Å². The molecule has 2 aromatic carbocycles. The van der Waals surface area contributed by atoms with E-state index in [4.69, 9.17) is 5.26 Å². The fourth-order valence-corrected chi connectivity index (χ4v) is 2.26. The average Bonchev–Trinajstić information content (AvgIpc) is 2.53. The largest absolute Gasteiger partial charge is 0.378 e. The molecule has 0 N–H and O–H groups in total. The van der Waals surface area contributed by atoms with Crippen molar-refractivity contribution in [3.8, 4) is 12.1 Å². The Hall–Kier alpha value is -2.78. The van der Waals surface area contributed by atoms with E-state index in [1.165, 1.54) is 0 Å². The first-order chi connectivity index (χ1) is 10.1. The molecular weight excluding hydrogens is 258 g/mol. The second-order valence-electron chi connectivity index (χ2n) is 5.19. The molecule has 104 valence electrons. The number of hydrogen-bond acceptors (Lipinski definition) is 3. The van der Waals surface area contributed by atoms with Gasteiger partial charge in [-0.15, -0.1) is 0 Å². The highest BCUT2D eigenvalue weighted by Crippen LogP contribution is 2.24. The lowest BCUT2D eigenvalue weighted by atomic mass is 9.92. The molecule has 0 aromatic heterocycles. The molecule has 0 heterocycles. The van der Waals surface area contributed by atoms with E-state index in [1.54, 1.807) is 6.07 Å². The zero-order valence-electron chi connectivity index (χ0n) is 12.2. The zero-order chi connectivity index (χ0) is 15.2. The Kier molecular flexibility index (Phi) is 4.59. The Morgan fingerprint density at radius 1 is 1.05 bits per heavy atom. The average molecular weight is 275 g/mol. The number of benzene rings is 2. The fraction of sp³-hybridized carbons (Fsp3) is 0.222. The second-order valence-corrected chi connectivity index (χ2v) is 5.19. The van der Waals surface area contributed by atoms with Gasteiger partial charge in [-0.25, -0.2) is 0 Å². The van der Waals surface area contributed by atoms with Gasteiger partial charge in [0.05, 0.1) is 23.6 Å². The van der Waals surface area contributed by atoms with Crippen LogP contribution in [0.4, 0.5) is 5.69 Å². The lowest BCUT2D eigenvalue weighted by molar-refractivity contribution is 0.848. The molecule has 0 amide bonds. The maximum atomic E-state index is 9.47. The standard InChI is InChI=1S/C18H17N3/c1-21(2)18-8-4-7-16(11-18)17(13-20)10-14-5-3-6-15(9-14)12-19/h3-9,11,17H,10H2,1-2H3. The third-order valence-electron chi connectivity index (χ3n) is 3.44. The van der Waals surface area contributed by atoms with Gasteiger partial charge < -0.3 is 4.90 Å². The van der Waals surface area contributed by atoms with Crippen molar-refractivity contribution in [2.24, 2.45) is 0 Å². The third kappa shape index (κ3) is 3.61. The molecule has 1 unspecified atom stereocenters. The molecule has 0 aliphatic heterocycles. The molecular formula is C18H17N3. The molecule has 2 rings (SSSR count). The monoisotopic (exact) mass is 275 g/mol. The van der Waals surface area contributed by atoms with Crippen LogP contribution in [-0.4, -0.2) is 14.1 Å². The molecule has 0 aliphatic rings. The van der Waals surface area contributed by atoms with Gasteiger partial charge in [0.1, 0.15) is 0 Å². The smallest absolute Gasteiger partial charge is 0.0991 e. The van der Waals surface area contributed by atoms with E-state index in [1.807, 2.05) is 61.5 Å². The van der Waals surface area contributed by atoms with E-state index in [2.05, 4.69) is 12.1 Å². The molecule has 0 fully saturated rings. The van der Waals surface area contributed by atoms with Gasteiger partial charge in [-0.05, 0) is 41.8 Å². The minimum Gasteiger partial charge on any atom is -0.378 e. The van der Waals surface area contributed by atoms with Gasteiger partial charge in [0, 0.05) is 19.8 Å². The molecule has 1 atom stereocenters. The van der Waals surface area contributed by atoms with Crippen LogP contribution in [0.3, 0.4) is 0 Å². The fourth-order valence-electron chi connectivity index (χ4n) is 2.26. The first kappa shape index (κ1) is 14.6. The quantitative estimate of drug-likeness (QED) is 0.858. The summed E-state index contributed by atoms with van der Waals surface area (Å²) < 4.78 is 0. The van der Waals surface area contributed by atoms with Crippen LogP contribution in [0.5, 0.6) is 0 Å². The number of hydrogen-bond donors (Lipinski definition) is 0. The van der Waals surface area contributed by atoms with Crippen LogP contribution in [0.2, 0.25) is 0 Å². The van der Waals surface area contributed by atoms with Crippen molar-refractivity contribution >= 4 is 5.69 Å². The molecule has 3 heteroatoms. The number of nitriles is 2. The predicted octanol–water partition coefficient (Wildman–Crippen LogP) is 3.47. The normalized spacial score (nSPS) is 11.2. The summed E-state index contributed by atoms with van der Waals surface area (Å²) in [6.07, 6.45) is 0.614. The van der Waals surface area contributed by atoms with E-state index >= 15 is 0 Å². The van der Waals surface area contributed by atoms with Crippen molar-refractivity contribution in [1.29, 1.82) is 10.5 Å². The Morgan fingerprint density at radius 3 is 2.48 bits per heavy atom. The summed E-state index contributed by atoms with van der Waals surface area (Å²) in [6, 6.07) is 20.0. The summed E-state index contributed by atoms with van der Waals surface area (Å²) in [4.78, 5) is 2.02.